The molecule has 0 bridgehead atoms. The molecule has 3 heterocycles. The van der Waals surface area contributed by atoms with Crippen molar-refractivity contribution in [1.29, 1.82) is 0 Å². The van der Waals surface area contributed by atoms with Crippen LogP contribution in [0.3, 0.4) is 0 Å². The van der Waals surface area contributed by atoms with Crippen LogP contribution in [0.25, 0.3) is 0 Å². The quantitative estimate of drug-likeness (QED) is 0.834. The molecule has 0 saturated carbocycles. The number of hydrogen-bond donors (Lipinski definition) is 0. The Morgan fingerprint density at radius 2 is 2.11 bits per heavy atom. The van der Waals surface area contributed by atoms with Gasteiger partial charge in [0.25, 0.3) is 0 Å². The lowest BCUT2D eigenvalue weighted by Crippen LogP contribution is -2.26. The normalized spacial score (nSPS) is 14.9. The molecule has 0 atom stereocenters. The molecular weight excluding hydrogens is 242 g/mol. The molecule has 2 aromatic rings. The maximum absolute atomic E-state index is 12.2. The van der Waals surface area contributed by atoms with Gasteiger partial charge in [-0.2, -0.15) is 0 Å². The van der Waals surface area contributed by atoms with Crippen molar-refractivity contribution in [3.8, 4) is 0 Å². The largest absolute Gasteiger partial charge is 0.328 e. The molecule has 1 aliphatic heterocycles. The Labute approximate surface area is 111 Å². The van der Waals surface area contributed by atoms with Crippen LogP contribution in [0, 0.1) is 0 Å². The number of rotatable bonds is 3. The van der Waals surface area contributed by atoms with E-state index in [2.05, 4.69) is 14.8 Å². The van der Waals surface area contributed by atoms with Crippen LogP contribution in [-0.4, -0.2) is 23.9 Å². The topological polar surface area (TPSA) is 57.6 Å². The highest BCUT2D eigenvalue weighted by atomic mass is 16.1. The second kappa shape index (κ2) is 4.68. The van der Waals surface area contributed by atoms with Crippen molar-refractivity contribution in [3.05, 3.63) is 34.5 Å². The van der Waals surface area contributed by atoms with Crippen molar-refractivity contribution in [1.82, 2.24) is 23.9 Å². The number of aromatic nitrogens is 5. The molecule has 0 amide bonds. The fraction of sp³-hybridized carbons (Fsp3) is 0.615. The van der Waals surface area contributed by atoms with Crippen LogP contribution in [-0.2, 0) is 19.5 Å². The third kappa shape index (κ3) is 2.11. The predicted molar refractivity (Wildman–Crippen MR) is 71.1 cm³/mol. The molecule has 0 fully saturated rings. The second-order valence-corrected chi connectivity index (χ2v) is 5.35. The summed E-state index contributed by atoms with van der Waals surface area (Å²) < 4.78 is 5.59. The van der Waals surface area contributed by atoms with Gasteiger partial charge in [0, 0.05) is 31.4 Å². The van der Waals surface area contributed by atoms with Crippen LogP contribution in [0.15, 0.2) is 17.2 Å². The molecule has 2 aromatic heterocycles. The molecule has 0 N–H and O–H groups in total. The van der Waals surface area contributed by atoms with Crippen LogP contribution in [0.4, 0.5) is 0 Å². The van der Waals surface area contributed by atoms with E-state index in [1.54, 1.807) is 9.13 Å². The average molecular weight is 261 g/mol. The molecular formula is C13H19N5O. The summed E-state index contributed by atoms with van der Waals surface area (Å²) in [5, 5.41) is 8.45. The molecule has 0 radical (unpaired) electrons. The predicted octanol–water partition coefficient (Wildman–Crippen LogP) is 1.21. The zero-order valence-corrected chi connectivity index (χ0v) is 11.4. The van der Waals surface area contributed by atoms with Gasteiger partial charge in [-0.15, -0.1) is 10.2 Å². The van der Waals surface area contributed by atoms with Crippen LogP contribution >= 0.6 is 0 Å². The van der Waals surface area contributed by atoms with Gasteiger partial charge in [-0.3, -0.25) is 9.13 Å². The van der Waals surface area contributed by atoms with E-state index < -0.39 is 0 Å². The Morgan fingerprint density at radius 3 is 2.84 bits per heavy atom. The minimum atomic E-state index is 0.0168. The third-order valence-corrected chi connectivity index (χ3v) is 3.68. The lowest BCUT2D eigenvalue weighted by molar-refractivity contribution is 0.496. The maximum atomic E-state index is 12.2. The molecule has 19 heavy (non-hydrogen) atoms. The van der Waals surface area contributed by atoms with Crippen LogP contribution < -0.4 is 5.69 Å². The van der Waals surface area contributed by atoms with Gasteiger partial charge in [-0.25, -0.2) is 4.79 Å². The Hall–Kier alpha value is -1.85. The van der Waals surface area contributed by atoms with Gasteiger partial charge >= 0.3 is 5.69 Å². The number of nitrogens with zero attached hydrogens (tertiary/aromatic N) is 5. The van der Waals surface area contributed by atoms with Gasteiger partial charge in [0.2, 0.25) is 0 Å². The first kappa shape index (κ1) is 12.2. The first-order valence-electron chi connectivity index (χ1n) is 6.85. The zero-order chi connectivity index (χ0) is 13.4. The van der Waals surface area contributed by atoms with Crippen molar-refractivity contribution in [2.75, 3.05) is 0 Å². The van der Waals surface area contributed by atoms with Gasteiger partial charge < -0.3 is 4.57 Å². The molecule has 0 spiro atoms. The van der Waals surface area contributed by atoms with E-state index in [9.17, 15) is 4.79 Å². The van der Waals surface area contributed by atoms with Gasteiger partial charge in [-0.05, 0) is 26.7 Å². The molecule has 6 nitrogen and oxygen atoms in total. The number of hydrogen-bond acceptors (Lipinski definition) is 3. The summed E-state index contributed by atoms with van der Waals surface area (Å²) >= 11 is 0. The molecule has 0 aromatic carbocycles. The van der Waals surface area contributed by atoms with E-state index >= 15 is 0 Å². The summed E-state index contributed by atoms with van der Waals surface area (Å²) in [5.74, 6) is 1.94. The highest BCUT2D eigenvalue weighted by Crippen LogP contribution is 2.14. The highest BCUT2D eigenvalue weighted by Gasteiger charge is 2.17. The Morgan fingerprint density at radius 1 is 1.26 bits per heavy atom. The van der Waals surface area contributed by atoms with E-state index in [1.165, 1.54) is 12.8 Å². The minimum absolute atomic E-state index is 0.0168. The fourth-order valence-electron chi connectivity index (χ4n) is 2.58. The van der Waals surface area contributed by atoms with Crippen molar-refractivity contribution in [2.45, 2.75) is 52.2 Å². The Balaban J connectivity index is 1.90. The van der Waals surface area contributed by atoms with Crippen molar-refractivity contribution in [2.24, 2.45) is 0 Å². The summed E-state index contributed by atoms with van der Waals surface area (Å²) in [6, 6.07) is 0.182. The van der Waals surface area contributed by atoms with E-state index in [0.717, 1.165) is 24.6 Å². The van der Waals surface area contributed by atoms with Crippen molar-refractivity contribution < 1.29 is 0 Å². The van der Waals surface area contributed by atoms with Gasteiger partial charge in [0.1, 0.15) is 5.82 Å². The zero-order valence-electron chi connectivity index (χ0n) is 11.4. The molecule has 0 saturated heterocycles. The van der Waals surface area contributed by atoms with E-state index in [0.29, 0.717) is 6.54 Å². The van der Waals surface area contributed by atoms with Crippen molar-refractivity contribution >= 4 is 0 Å². The van der Waals surface area contributed by atoms with Gasteiger partial charge in [0.05, 0.1) is 6.54 Å². The first-order chi connectivity index (χ1) is 9.16. The maximum Gasteiger partial charge on any atom is 0.328 e. The molecule has 3 rings (SSSR count). The Kier molecular flexibility index (Phi) is 3.00. The van der Waals surface area contributed by atoms with Crippen molar-refractivity contribution in [3.63, 3.8) is 0 Å². The van der Waals surface area contributed by atoms with Gasteiger partial charge in [-0.1, -0.05) is 0 Å². The van der Waals surface area contributed by atoms with Crippen LogP contribution in [0.1, 0.15) is 44.4 Å². The number of aryl methyl sites for hydroxylation is 1. The minimum Gasteiger partial charge on any atom is -0.313 e. The van der Waals surface area contributed by atoms with E-state index in [-0.39, 0.29) is 11.7 Å². The molecule has 0 aliphatic carbocycles. The highest BCUT2D eigenvalue weighted by molar-refractivity contribution is 5.00. The number of fused-ring (bicyclic) bond motifs is 1. The van der Waals surface area contributed by atoms with Gasteiger partial charge in [0.15, 0.2) is 5.82 Å². The monoisotopic (exact) mass is 261 g/mol. The summed E-state index contributed by atoms with van der Waals surface area (Å²) in [7, 11) is 0. The molecule has 102 valence electrons. The summed E-state index contributed by atoms with van der Waals surface area (Å²) in [4.78, 5) is 12.2. The molecule has 6 heteroatoms. The van der Waals surface area contributed by atoms with E-state index in [1.807, 2.05) is 26.2 Å². The summed E-state index contributed by atoms with van der Waals surface area (Å²) in [6.45, 7) is 5.48. The standard InChI is InChI=1S/C13H19N5O/c1-10(2)17-8-7-16(13(17)19)9-12-15-14-11-5-3-4-6-18(11)12/h7-8,10H,3-6,9H2,1-2H3. The lowest BCUT2D eigenvalue weighted by Gasteiger charge is -2.14. The fourth-order valence-corrected chi connectivity index (χ4v) is 2.58. The second-order valence-electron chi connectivity index (χ2n) is 5.35. The smallest absolute Gasteiger partial charge is 0.313 e. The Bertz CT molecular complexity index is 634. The third-order valence-electron chi connectivity index (χ3n) is 3.68. The molecule has 1 aliphatic rings. The first-order valence-corrected chi connectivity index (χ1v) is 6.85. The van der Waals surface area contributed by atoms with Crippen LogP contribution in [0.2, 0.25) is 0 Å². The van der Waals surface area contributed by atoms with Crippen LogP contribution in [0.5, 0.6) is 0 Å². The lowest BCUT2D eigenvalue weighted by atomic mass is 10.2. The summed E-state index contributed by atoms with van der Waals surface area (Å²) in [6.07, 6.45) is 7.00. The molecule has 0 unspecified atom stereocenters. The summed E-state index contributed by atoms with van der Waals surface area (Å²) in [5.41, 5.74) is 0.0168. The number of imidazole rings is 1. The SMILES string of the molecule is CC(C)n1ccn(Cc2nnc3n2CCCC3)c1=O. The van der Waals surface area contributed by atoms with E-state index in [4.69, 9.17) is 0 Å². The average Bonchev–Trinajstić information content (AvgIpc) is 2.96.